The van der Waals surface area contributed by atoms with E-state index >= 15 is 0 Å². The fourth-order valence-corrected chi connectivity index (χ4v) is 3.95. The van der Waals surface area contributed by atoms with Gasteiger partial charge in [0.15, 0.2) is 0 Å². The van der Waals surface area contributed by atoms with E-state index in [9.17, 15) is 18.5 Å². The Bertz CT molecular complexity index is 814. The molecule has 1 N–H and O–H groups in total. The van der Waals surface area contributed by atoms with Gasteiger partial charge < -0.3 is 0 Å². The van der Waals surface area contributed by atoms with Gasteiger partial charge in [0.05, 0.1) is 26.6 Å². The highest BCUT2D eigenvalue weighted by Gasteiger charge is 2.22. The van der Waals surface area contributed by atoms with Crippen molar-refractivity contribution in [3.8, 4) is 0 Å². The Kier molecular flexibility index (Phi) is 4.59. The number of hydrogen-bond acceptors (Lipinski definition) is 6. The molecular formula is C13H15N3O4S2. The van der Waals surface area contributed by atoms with Crippen molar-refractivity contribution in [1.82, 2.24) is 9.71 Å². The molecule has 1 heterocycles. The summed E-state index contributed by atoms with van der Waals surface area (Å²) in [6.07, 6.45) is 0. The molecule has 7 nitrogen and oxygen atoms in total. The van der Waals surface area contributed by atoms with E-state index < -0.39 is 21.0 Å². The fourth-order valence-electron chi connectivity index (χ4n) is 1.94. The third-order valence-electron chi connectivity index (χ3n) is 3.09. The lowest BCUT2D eigenvalue weighted by atomic mass is 10.2. The maximum absolute atomic E-state index is 12.4. The predicted octanol–water partition coefficient (Wildman–Crippen LogP) is 2.71. The Morgan fingerprint density at radius 3 is 2.55 bits per heavy atom. The standard InChI is InChI=1S/C13H15N3O4S2/c1-8-6-11(4-5-13(8)16(17)18)22(19,20)15-9(2)12-7-21-10(3)14-12/h4-7,9,15H,1-3H3. The average Bonchev–Trinajstić information content (AvgIpc) is 2.84. The molecule has 9 heteroatoms. The van der Waals surface area contributed by atoms with Crippen molar-refractivity contribution in [3.05, 3.63) is 50.0 Å². The summed E-state index contributed by atoms with van der Waals surface area (Å²) in [7, 11) is -3.77. The molecule has 118 valence electrons. The van der Waals surface area contributed by atoms with Gasteiger partial charge in [-0.3, -0.25) is 10.1 Å². The van der Waals surface area contributed by atoms with Gasteiger partial charge in [-0.05, 0) is 32.9 Å². The van der Waals surface area contributed by atoms with E-state index in [1.807, 2.05) is 6.92 Å². The zero-order chi connectivity index (χ0) is 16.5. The largest absolute Gasteiger partial charge is 0.272 e. The SMILES string of the molecule is Cc1nc(C(C)NS(=O)(=O)c2ccc([N+](=O)[O-])c(C)c2)cs1. The van der Waals surface area contributed by atoms with Crippen LogP contribution in [0, 0.1) is 24.0 Å². The number of hydrogen-bond donors (Lipinski definition) is 1. The van der Waals surface area contributed by atoms with Crippen LogP contribution in [0.15, 0.2) is 28.5 Å². The first-order valence-corrected chi connectivity index (χ1v) is 8.76. The van der Waals surface area contributed by atoms with Crippen molar-refractivity contribution in [3.63, 3.8) is 0 Å². The van der Waals surface area contributed by atoms with Gasteiger partial charge in [-0.25, -0.2) is 18.1 Å². The molecule has 0 aliphatic rings. The summed E-state index contributed by atoms with van der Waals surface area (Å²) in [5.74, 6) is 0. The number of sulfonamides is 1. The van der Waals surface area contributed by atoms with Crippen LogP contribution < -0.4 is 4.72 Å². The zero-order valence-corrected chi connectivity index (χ0v) is 13.9. The van der Waals surface area contributed by atoms with E-state index in [-0.39, 0.29) is 10.6 Å². The Morgan fingerprint density at radius 1 is 1.36 bits per heavy atom. The molecule has 0 aliphatic heterocycles. The molecule has 1 atom stereocenters. The first kappa shape index (κ1) is 16.5. The van der Waals surface area contributed by atoms with Crippen LogP contribution in [-0.2, 0) is 10.0 Å². The van der Waals surface area contributed by atoms with Crippen LogP contribution in [0.3, 0.4) is 0 Å². The van der Waals surface area contributed by atoms with E-state index in [1.54, 1.807) is 12.3 Å². The maximum atomic E-state index is 12.4. The van der Waals surface area contributed by atoms with Crippen LogP contribution in [0.1, 0.15) is 29.2 Å². The van der Waals surface area contributed by atoms with E-state index in [0.717, 1.165) is 5.01 Å². The highest BCUT2D eigenvalue weighted by atomic mass is 32.2. The summed E-state index contributed by atoms with van der Waals surface area (Å²) in [6, 6.07) is 3.23. The number of aryl methyl sites for hydroxylation is 2. The molecule has 0 aliphatic carbocycles. The molecule has 2 rings (SSSR count). The number of rotatable bonds is 5. The van der Waals surface area contributed by atoms with Crippen LogP contribution in [0.25, 0.3) is 0 Å². The van der Waals surface area contributed by atoms with Crippen molar-refractivity contribution < 1.29 is 13.3 Å². The molecule has 0 spiro atoms. The van der Waals surface area contributed by atoms with E-state index in [0.29, 0.717) is 11.3 Å². The molecule has 0 fully saturated rings. The highest BCUT2D eigenvalue weighted by Crippen LogP contribution is 2.23. The second kappa shape index (κ2) is 6.11. The van der Waals surface area contributed by atoms with Crippen LogP contribution in [0.4, 0.5) is 5.69 Å². The van der Waals surface area contributed by atoms with Crippen molar-refractivity contribution in [2.45, 2.75) is 31.7 Å². The third-order valence-corrected chi connectivity index (χ3v) is 5.42. The number of nitro groups is 1. The van der Waals surface area contributed by atoms with E-state index in [1.165, 1.54) is 36.5 Å². The van der Waals surface area contributed by atoms with Gasteiger partial charge >= 0.3 is 0 Å². The lowest BCUT2D eigenvalue weighted by molar-refractivity contribution is -0.385. The number of benzene rings is 1. The molecule has 1 aromatic carbocycles. The molecule has 1 aromatic heterocycles. The second-order valence-corrected chi connectivity index (χ2v) is 7.62. The summed E-state index contributed by atoms with van der Waals surface area (Å²) in [5, 5.41) is 13.4. The third kappa shape index (κ3) is 3.49. The maximum Gasteiger partial charge on any atom is 0.272 e. The lowest BCUT2D eigenvalue weighted by Gasteiger charge is -2.12. The zero-order valence-electron chi connectivity index (χ0n) is 12.2. The molecule has 2 aromatic rings. The summed E-state index contributed by atoms with van der Waals surface area (Å²) < 4.78 is 27.2. The second-order valence-electron chi connectivity index (χ2n) is 4.84. The molecule has 0 radical (unpaired) electrons. The minimum atomic E-state index is -3.77. The Hall–Kier alpha value is -1.84. The first-order valence-electron chi connectivity index (χ1n) is 6.40. The lowest BCUT2D eigenvalue weighted by Crippen LogP contribution is -2.27. The molecule has 22 heavy (non-hydrogen) atoms. The monoisotopic (exact) mass is 341 g/mol. The summed E-state index contributed by atoms with van der Waals surface area (Å²) in [5.41, 5.74) is 0.830. The Morgan fingerprint density at radius 2 is 2.05 bits per heavy atom. The fraction of sp³-hybridized carbons (Fsp3) is 0.308. The summed E-state index contributed by atoms with van der Waals surface area (Å²) in [6.45, 7) is 5.05. The van der Waals surface area contributed by atoms with Gasteiger partial charge in [-0.2, -0.15) is 0 Å². The van der Waals surface area contributed by atoms with Crippen molar-refractivity contribution in [2.75, 3.05) is 0 Å². The highest BCUT2D eigenvalue weighted by molar-refractivity contribution is 7.89. The van der Waals surface area contributed by atoms with Crippen LogP contribution >= 0.6 is 11.3 Å². The topological polar surface area (TPSA) is 102 Å². The van der Waals surface area contributed by atoms with E-state index in [2.05, 4.69) is 9.71 Å². The molecular weight excluding hydrogens is 326 g/mol. The molecule has 0 amide bonds. The number of nitrogens with one attached hydrogen (secondary N) is 1. The van der Waals surface area contributed by atoms with Crippen LogP contribution in [0.2, 0.25) is 0 Å². The average molecular weight is 341 g/mol. The predicted molar refractivity (Wildman–Crippen MR) is 83.4 cm³/mol. The van der Waals surface area contributed by atoms with Gasteiger partial charge in [0, 0.05) is 17.0 Å². The van der Waals surface area contributed by atoms with Gasteiger partial charge in [-0.15, -0.1) is 11.3 Å². The summed E-state index contributed by atoms with van der Waals surface area (Å²) in [4.78, 5) is 14.5. The summed E-state index contributed by atoms with van der Waals surface area (Å²) >= 11 is 1.44. The Balaban J connectivity index is 2.27. The number of aromatic nitrogens is 1. The van der Waals surface area contributed by atoms with Gasteiger partial charge in [0.2, 0.25) is 10.0 Å². The van der Waals surface area contributed by atoms with E-state index in [4.69, 9.17) is 0 Å². The van der Waals surface area contributed by atoms with Gasteiger partial charge in [-0.1, -0.05) is 0 Å². The van der Waals surface area contributed by atoms with Crippen molar-refractivity contribution in [1.29, 1.82) is 0 Å². The van der Waals surface area contributed by atoms with Crippen LogP contribution in [0.5, 0.6) is 0 Å². The van der Waals surface area contributed by atoms with Crippen molar-refractivity contribution >= 4 is 27.0 Å². The van der Waals surface area contributed by atoms with Gasteiger partial charge in [0.25, 0.3) is 5.69 Å². The molecule has 0 bridgehead atoms. The minimum Gasteiger partial charge on any atom is -0.258 e. The number of thiazole rings is 1. The minimum absolute atomic E-state index is 0.00518. The molecule has 0 saturated carbocycles. The molecule has 1 unspecified atom stereocenters. The normalized spacial score (nSPS) is 13.0. The Labute approximate surface area is 132 Å². The van der Waals surface area contributed by atoms with Crippen LogP contribution in [-0.4, -0.2) is 18.3 Å². The number of nitro benzene ring substituents is 1. The number of nitrogens with zero attached hydrogens (tertiary/aromatic N) is 2. The molecule has 0 saturated heterocycles. The first-order chi connectivity index (χ1) is 10.2. The quantitative estimate of drug-likeness (QED) is 0.665. The van der Waals surface area contributed by atoms with Crippen molar-refractivity contribution in [2.24, 2.45) is 0 Å². The smallest absolute Gasteiger partial charge is 0.258 e. The van der Waals surface area contributed by atoms with Gasteiger partial charge in [0.1, 0.15) is 0 Å².